The maximum absolute atomic E-state index is 13.8. The van der Waals surface area contributed by atoms with Crippen LogP contribution in [-0.4, -0.2) is 10.2 Å². The van der Waals surface area contributed by atoms with E-state index in [1.807, 2.05) is 0 Å². The highest BCUT2D eigenvalue weighted by molar-refractivity contribution is 5.46. The van der Waals surface area contributed by atoms with Crippen LogP contribution in [-0.2, 0) is 0 Å². The van der Waals surface area contributed by atoms with E-state index < -0.39 is 40.7 Å². The Bertz CT molecular complexity index is 822. The highest BCUT2D eigenvalue weighted by Crippen LogP contribution is 2.37. The van der Waals surface area contributed by atoms with Crippen molar-refractivity contribution in [3.8, 4) is 11.5 Å². The molecule has 3 aromatic carbocycles. The highest BCUT2D eigenvalue weighted by Gasteiger charge is 2.23. The molecule has 0 spiro atoms. The Morgan fingerprint density at radius 2 is 0.920 bits per heavy atom. The van der Waals surface area contributed by atoms with Gasteiger partial charge in [0.05, 0.1) is 0 Å². The lowest BCUT2D eigenvalue weighted by molar-refractivity contribution is 0.394. The first-order valence-electron chi connectivity index (χ1n) is 7.29. The second kappa shape index (κ2) is 6.47. The van der Waals surface area contributed by atoms with Gasteiger partial charge in [-0.1, -0.05) is 30.3 Å². The minimum absolute atomic E-state index is 0.0588. The van der Waals surface area contributed by atoms with Crippen molar-refractivity contribution >= 4 is 0 Å². The second-order valence-corrected chi connectivity index (χ2v) is 5.51. The van der Waals surface area contributed by atoms with Gasteiger partial charge in [0.2, 0.25) is 0 Å². The summed E-state index contributed by atoms with van der Waals surface area (Å²) in [6, 6.07) is 11.9. The van der Waals surface area contributed by atoms with Crippen LogP contribution in [0.2, 0.25) is 0 Å². The summed E-state index contributed by atoms with van der Waals surface area (Å²) in [6.07, 6.45) is 0. The lowest BCUT2D eigenvalue weighted by Crippen LogP contribution is -2.06. The van der Waals surface area contributed by atoms with Crippen LogP contribution in [0.15, 0.2) is 54.6 Å². The SMILES string of the molecule is Oc1c(F)cc(C(c2ccccc2)c2cc(F)c(O)c(F)c2)cc1F. The van der Waals surface area contributed by atoms with E-state index in [9.17, 15) is 27.8 Å². The molecule has 0 bridgehead atoms. The van der Waals surface area contributed by atoms with Crippen molar-refractivity contribution in [2.24, 2.45) is 0 Å². The number of hydrogen-bond acceptors (Lipinski definition) is 2. The minimum atomic E-state index is -1.18. The molecule has 0 unspecified atom stereocenters. The van der Waals surface area contributed by atoms with Crippen LogP contribution in [0, 0.1) is 23.3 Å². The van der Waals surface area contributed by atoms with Crippen LogP contribution in [0.4, 0.5) is 17.6 Å². The number of phenols is 2. The number of halogens is 4. The number of phenolic OH excluding ortho intramolecular Hbond substituents is 2. The molecule has 0 amide bonds. The topological polar surface area (TPSA) is 40.5 Å². The zero-order valence-corrected chi connectivity index (χ0v) is 12.7. The zero-order valence-electron chi connectivity index (χ0n) is 12.7. The summed E-state index contributed by atoms with van der Waals surface area (Å²) in [6.45, 7) is 0. The van der Waals surface area contributed by atoms with E-state index >= 15 is 0 Å². The third-order valence-electron chi connectivity index (χ3n) is 3.88. The van der Waals surface area contributed by atoms with Crippen LogP contribution in [0.1, 0.15) is 22.6 Å². The Morgan fingerprint density at radius 3 is 1.28 bits per heavy atom. The predicted octanol–water partition coefficient (Wildman–Crippen LogP) is 4.83. The molecule has 0 atom stereocenters. The van der Waals surface area contributed by atoms with Crippen molar-refractivity contribution in [3.05, 3.63) is 94.6 Å². The van der Waals surface area contributed by atoms with E-state index in [2.05, 4.69) is 0 Å². The zero-order chi connectivity index (χ0) is 18.1. The smallest absolute Gasteiger partial charge is 0.187 e. The number of rotatable bonds is 3. The van der Waals surface area contributed by atoms with Gasteiger partial charge in [0, 0.05) is 5.92 Å². The normalized spacial score (nSPS) is 11.1. The molecule has 0 fully saturated rings. The van der Waals surface area contributed by atoms with Gasteiger partial charge in [-0.15, -0.1) is 0 Å². The van der Waals surface area contributed by atoms with E-state index in [0.29, 0.717) is 5.56 Å². The minimum Gasteiger partial charge on any atom is -0.503 e. The summed E-state index contributed by atoms with van der Waals surface area (Å²) < 4.78 is 55.1. The predicted molar refractivity (Wildman–Crippen MR) is 83.4 cm³/mol. The van der Waals surface area contributed by atoms with Crippen molar-refractivity contribution in [2.45, 2.75) is 5.92 Å². The van der Waals surface area contributed by atoms with Gasteiger partial charge in [-0.05, 0) is 41.0 Å². The Balaban J connectivity index is 2.25. The number of hydrogen-bond donors (Lipinski definition) is 2. The molecule has 128 valence electrons. The van der Waals surface area contributed by atoms with Gasteiger partial charge in [0.25, 0.3) is 0 Å². The van der Waals surface area contributed by atoms with Crippen molar-refractivity contribution in [3.63, 3.8) is 0 Å². The van der Waals surface area contributed by atoms with E-state index in [0.717, 1.165) is 24.3 Å². The lowest BCUT2D eigenvalue weighted by Gasteiger charge is -2.20. The second-order valence-electron chi connectivity index (χ2n) is 5.51. The van der Waals surface area contributed by atoms with Crippen molar-refractivity contribution in [1.29, 1.82) is 0 Å². The molecule has 0 radical (unpaired) electrons. The summed E-state index contributed by atoms with van der Waals surface area (Å²) in [5.41, 5.74) is 0.642. The van der Waals surface area contributed by atoms with Crippen LogP contribution >= 0.6 is 0 Å². The quantitative estimate of drug-likeness (QED) is 0.525. The number of benzene rings is 3. The largest absolute Gasteiger partial charge is 0.503 e. The molecule has 3 aromatic rings. The fraction of sp³-hybridized carbons (Fsp3) is 0.0526. The van der Waals surface area contributed by atoms with Crippen molar-refractivity contribution in [2.75, 3.05) is 0 Å². The molecular weight excluding hydrogens is 336 g/mol. The maximum Gasteiger partial charge on any atom is 0.187 e. The summed E-state index contributed by atoms with van der Waals surface area (Å²) in [5.74, 6) is -7.90. The molecule has 0 aromatic heterocycles. The van der Waals surface area contributed by atoms with Gasteiger partial charge in [-0.25, -0.2) is 17.6 Å². The monoisotopic (exact) mass is 348 g/mol. The molecule has 0 saturated carbocycles. The highest BCUT2D eigenvalue weighted by atomic mass is 19.1. The van der Waals surface area contributed by atoms with Gasteiger partial charge in [-0.3, -0.25) is 0 Å². The van der Waals surface area contributed by atoms with Crippen LogP contribution in [0.3, 0.4) is 0 Å². The molecule has 0 saturated heterocycles. The summed E-state index contributed by atoms with van der Waals surface area (Å²) in [7, 11) is 0. The Kier molecular flexibility index (Phi) is 4.35. The molecule has 25 heavy (non-hydrogen) atoms. The Hall–Kier alpha value is -3.02. The summed E-state index contributed by atoms with van der Waals surface area (Å²) in [4.78, 5) is 0. The molecule has 0 heterocycles. The van der Waals surface area contributed by atoms with Crippen LogP contribution in [0.25, 0.3) is 0 Å². The average molecular weight is 348 g/mol. The molecule has 0 aliphatic heterocycles. The summed E-state index contributed by atoms with van der Waals surface area (Å²) >= 11 is 0. The van der Waals surface area contributed by atoms with Crippen LogP contribution < -0.4 is 0 Å². The van der Waals surface area contributed by atoms with Gasteiger partial charge >= 0.3 is 0 Å². The molecule has 2 N–H and O–H groups in total. The van der Waals surface area contributed by atoms with Gasteiger partial charge < -0.3 is 10.2 Å². The molecule has 2 nitrogen and oxygen atoms in total. The van der Waals surface area contributed by atoms with E-state index in [1.54, 1.807) is 30.3 Å². The first-order chi connectivity index (χ1) is 11.9. The summed E-state index contributed by atoms with van der Waals surface area (Å²) in [5, 5.41) is 18.6. The molecule has 0 aliphatic rings. The van der Waals surface area contributed by atoms with E-state index in [1.165, 1.54) is 0 Å². The van der Waals surface area contributed by atoms with E-state index in [4.69, 9.17) is 0 Å². The third kappa shape index (κ3) is 3.15. The van der Waals surface area contributed by atoms with Gasteiger partial charge in [-0.2, -0.15) is 0 Å². The van der Waals surface area contributed by atoms with Gasteiger partial charge in [0.1, 0.15) is 0 Å². The average Bonchev–Trinajstić information content (AvgIpc) is 2.58. The van der Waals surface area contributed by atoms with Gasteiger partial charge in [0.15, 0.2) is 34.8 Å². The standard InChI is InChI=1S/C19H12F4O2/c20-13-6-11(7-14(21)18(13)24)17(10-4-2-1-3-5-10)12-8-15(22)19(25)16(23)9-12/h1-9,17,24-25H. The molecule has 0 aliphatic carbocycles. The van der Waals surface area contributed by atoms with Crippen molar-refractivity contribution < 1.29 is 27.8 Å². The fourth-order valence-corrected chi connectivity index (χ4v) is 2.73. The van der Waals surface area contributed by atoms with Crippen LogP contribution in [0.5, 0.6) is 11.5 Å². The third-order valence-corrected chi connectivity index (χ3v) is 3.88. The van der Waals surface area contributed by atoms with Crippen molar-refractivity contribution in [1.82, 2.24) is 0 Å². The Morgan fingerprint density at radius 1 is 0.560 bits per heavy atom. The molecule has 3 rings (SSSR count). The van der Waals surface area contributed by atoms with E-state index in [-0.39, 0.29) is 11.1 Å². The fourth-order valence-electron chi connectivity index (χ4n) is 2.73. The lowest BCUT2D eigenvalue weighted by atomic mass is 9.85. The number of aromatic hydroxyl groups is 2. The Labute approximate surface area is 140 Å². The first-order valence-corrected chi connectivity index (χ1v) is 7.29. The molecule has 6 heteroatoms. The maximum atomic E-state index is 13.8. The first kappa shape index (κ1) is 16.8. The molecular formula is C19H12F4O2.